The maximum atomic E-state index is 12.4. The molecule has 3 aromatic rings. The number of anilines is 1. The van der Waals surface area contributed by atoms with E-state index < -0.39 is 16.6 Å². The van der Waals surface area contributed by atoms with Crippen molar-refractivity contribution >= 4 is 22.7 Å². The fraction of sp³-hybridized carbons (Fsp3) is 0.350. The maximum absolute atomic E-state index is 12.4. The number of ether oxygens (including phenoxy) is 1. The summed E-state index contributed by atoms with van der Waals surface area (Å²) in [5.74, 6) is -0.169. The number of pyridine rings is 1. The molecule has 0 radical (unpaired) electrons. The SMILES string of the molecule is CCc1cc(=O)oc2nc(OCc3ccncc3NC(=O)C(C)(C)C)[nH]c(=O)c12. The molecule has 0 aromatic carbocycles. The monoisotopic (exact) mass is 398 g/mol. The number of rotatable bonds is 5. The molecule has 0 atom stereocenters. The number of H-pyrrole nitrogens is 1. The minimum absolute atomic E-state index is 0.00836. The molecule has 1 amide bonds. The van der Waals surface area contributed by atoms with Crippen LogP contribution in [-0.4, -0.2) is 20.9 Å². The number of hydrogen-bond donors (Lipinski definition) is 2. The molecule has 3 heterocycles. The number of carbonyl (C=O) groups is 1. The number of hydrogen-bond acceptors (Lipinski definition) is 7. The lowest BCUT2D eigenvalue weighted by Crippen LogP contribution is -2.28. The lowest BCUT2D eigenvalue weighted by Gasteiger charge is -2.19. The van der Waals surface area contributed by atoms with Crippen molar-refractivity contribution in [1.29, 1.82) is 0 Å². The van der Waals surface area contributed by atoms with Gasteiger partial charge in [0, 0.05) is 23.2 Å². The molecule has 29 heavy (non-hydrogen) atoms. The first-order valence-corrected chi connectivity index (χ1v) is 9.13. The average molecular weight is 398 g/mol. The van der Waals surface area contributed by atoms with Crippen LogP contribution in [0.3, 0.4) is 0 Å². The lowest BCUT2D eigenvalue weighted by molar-refractivity contribution is -0.123. The van der Waals surface area contributed by atoms with Gasteiger partial charge in [0.2, 0.25) is 11.6 Å². The highest BCUT2D eigenvalue weighted by Crippen LogP contribution is 2.21. The summed E-state index contributed by atoms with van der Waals surface area (Å²) in [7, 11) is 0. The molecule has 9 heteroatoms. The molecule has 2 N–H and O–H groups in total. The highest BCUT2D eigenvalue weighted by molar-refractivity contribution is 5.95. The fourth-order valence-corrected chi connectivity index (χ4v) is 2.59. The quantitative estimate of drug-likeness (QED) is 0.675. The van der Waals surface area contributed by atoms with Crippen molar-refractivity contribution in [2.75, 3.05) is 5.32 Å². The van der Waals surface area contributed by atoms with Crippen LogP contribution in [0.25, 0.3) is 11.1 Å². The summed E-state index contributed by atoms with van der Waals surface area (Å²) in [6.07, 6.45) is 3.57. The molecule has 152 valence electrons. The minimum Gasteiger partial charge on any atom is -0.460 e. The van der Waals surface area contributed by atoms with E-state index >= 15 is 0 Å². The summed E-state index contributed by atoms with van der Waals surface area (Å²) >= 11 is 0. The number of aryl methyl sites for hydroxylation is 1. The van der Waals surface area contributed by atoms with Crippen LogP contribution < -0.4 is 21.2 Å². The number of amides is 1. The van der Waals surface area contributed by atoms with Gasteiger partial charge in [-0.3, -0.25) is 19.6 Å². The average Bonchev–Trinajstić information content (AvgIpc) is 2.65. The van der Waals surface area contributed by atoms with Crippen molar-refractivity contribution < 1.29 is 13.9 Å². The van der Waals surface area contributed by atoms with E-state index in [1.165, 1.54) is 12.3 Å². The maximum Gasteiger partial charge on any atom is 0.337 e. The van der Waals surface area contributed by atoms with E-state index in [9.17, 15) is 14.4 Å². The Balaban J connectivity index is 1.88. The van der Waals surface area contributed by atoms with Crippen molar-refractivity contribution in [2.45, 2.75) is 40.7 Å². The third-order valence-corrected chi connectivity index (χ3v) is 4.26. The van der Waals surface area contributed by atoms with Gasteiger partial charge in [0.25, 0.3) is 11.6 Å². The molecule has 0 saturated carbocycles. The normalized spacial score (nSPS) is 11.4. The van der Waals surface area contributed by atoms with Gasteiger partial charge in [-0.1, -0.05) is 27.7 Å². The first kappa shape index (κ1) is 20.2. The van der Waals surface area contributed by atoms with E-state index in [1.807, 2.05) is 6.92 Å². The Morgan fingerprint density at radius 3 is 2.72 bits per heavy atom. The second kappa shape index (κ2) is 7.86. The standard InChI is InChI=1S/C20H22N4O5/c1-5-11-8-14(25)29-17-15(11)16(26)23-19(24-17)28-10-12-6-7-21-9-13(12)22-18(27)20(2,3)4/h6-9H,5,10H2,1-4H3,(H,22,27)(H,23,24,26). The topological polar surface area (TPSA) is 127 Å². The molecule has 3 aromatic heterocycles. The number of carbonyl (C=O) groups excluding carboxylic acids is 1. The van der Waals surface area contributed by atoms with E-state index in [0.29, 0.717) is 23.2 Å². The molecular formula is C20H22N4O5. The molecule has 0 unspecified atom stereocenters. The second-order valence-corrected chi connectivity index (χ2v) is 7.52. The van der Waals surface area contributed by atoms with E-state index in [0.717, 1.165) is 0 Å². The largest absolute Gasteiger partial charge is 0.460 e. The molecule has 9 nitrogen and oxygen atoms in total. The number of aromatic nitrogens is 3. The van der Waals surface area contributed by atoms with Gasteiger partial charge in [0.1, 0.15) is 12.0 Å². The number of nitrogens with zero attached hydrogens (tertiary/aromatic N) is 2. The Labute approximate surface area is 166 Å². The van der Waals surface area contributed by atoms with Crippen LogP contribution in [0.1, 0.15) is 38.8 Å². The summed E-state index contributed by atoms with van der Waals surface area (Å²) < 4.78 is 10.7. The van der Waals surface area contributed by atoms with Crippen LogP contribution in [0, 0.1) is 5.41 Å². The predicted octanol–water partition coefficient (Wildman–Crippen LogP) is 2.40. The molecule has 0 aliphatic heterocycles. The highest BCUT2D eigenvalue weighted by Gasteiger charge is 2.22. The summed E-state index contributed by atoms with van der Waals surface area (Å²) in [4.78, 5) is 47.0. The van der Waals surface area contributed by atoms with E-state index in [1.54, 1.807) is 33.0 Å². The van der Waals surface area contributed by atoms with E-state index in [4.69, 9.17) is 9.15 Å². The first-order valence-electron chi connectivity index (χ1n) is 9.13. The Morgan fingerprint density at radius 1 is 1.28 bits per heavy atom. The summed E-state index contributed by atoms with van der Waals surface area (Å²) in [6, 6.07) is 2.87. The second-order valence-electron chi connectivity index (χ2n) is 7.52. The highest BCUT2D eigenvalue weighted by atomic mass is 16.5. The molecule has 0 bridgehead atoms. The Bertz CT molecular complexity index is 1170. The van der Waals surface area contributed by atoms with E-state index in [2.05, 4.69) is 20.3 Å². The van der Waals surface area contributed by atoms with Crippen molar-refractivity contribution in [3.8, 4) is 6.01 Å². The minimum atomic E-state index is -0.584. The summed E-state index contributed by atoms with van der Waals surface area (Å²) in [5, 5.41) is 3.04. The third-order valence-electron chi connectivity index (χ3n) is 4.26. The number of aromatic amines is 1. The summed E-state index contributed by atoms with van der Waals surface area (Å²) in [6.45, 7) is 7.24. The summed E-state index contributed by atoms with van der Waals surface area (Å²) in [5.41, 5.74) is -0.00380. The molecule has 0 aliphatic rings. The van der Waals surface area contributed by atoms with Crippen LogP contribution in [0.2, 0.25) is 0 Å². The molecule has 0 aliphatic carbocycles. The van der Waals surface area contributed by atoms with Gasteiger partial charge in [-0.2, -0.15) is 4.98 Å². The number of nitrogens with one attached hydrogen (secondary N) is 2. The number of fused-ring (bicyclic) bond motifs is 1. The van der Waals surface area contributed by atoms with Crippen molar-refractivity contribution in [1.82, 2.24) is 15.0 Å². The van der Waals surface area contributed by atoms with Gasteiger partial charge in [-0.05, 0) is 18.1 Å². The van der Waals surface area contributed by atoms with E-state index in [-0.39, 0.29) is 29.6 Å². The van der Waals surface area contributed by atoms with Gasteiger partial charge < -0.3 is 14.5 Å². The molecule has 3 rings (SSSR count). The smallest absolute Gasteiger partial charge is 0.337 e. The zero-order valence-electron chi connectivity index (χ0n) is 16.7. The molecule has 0 fully saturated rings. The van der Waals surface area contributed by atoms with Crippen LogP contribution in [-0.2, 0) is 17.8 Å². The van der Waals surface area contributed by atoms with Gasteiger partial charge >= 0.3 is 5.63 Å². The van der Waals surface area contributed by atoms with Crippen LogP contribution in [0.15, 0.2) is 38.5 Å². The Kier molecular flexibility index (Phi) is 5.49. The van der Waals surface area contributed by atoms with Crippen molar-refractivity contribution in [2.24, 2.45) is 5.41 Å². The van der Waals surface area contributed by atoms with Gasteiger partial charge in [0.05, 0.1) is 11.9 Å². The van der Waals surface area contributed by atoms with Crippen molar-refractivity contribution in [3.63, 3.8) is 0 Å². The van der Waals surface area contributed by atoms with Gasteiger partial charge in [-0.15, -0.1) is 0 Å². The van der Waals surface area contributed by atoms with Gasteiger partial charge in [0.15, 0.2) is 0 Å². The van der Waals surface area contributed by atoms with Gasteiger partial charge in [-0.25, -0.2) is 4.79 Å². The van der Waals surface area contributed by atoms with Crippen molar-refractivity contribution in [3.05, 3.63) is 56.4 Å². The fourth-order valence-electron chi connectivity index (χ4n) is 2.59. The third kappa shape index (κ3) is 4.50. The molecule has 0 spiro atoms. The molecular weight excluding hydrogens is 376 g/mol. The lowest BCUT2D eigenvalue weighted by atomic mass is 9.95. The Morgan fingerprint density at radius 2 is 2.03 bits per heavy atom. The zero-order chi connectivity index (χ0) is 21.2. The molecule has 0 saturated heterocycles. The zero-order valence-corrected chi connectivity index (χ0v) is 16.7. The first-order chi connectivity index (χ1) is 13.7. The Hall–Kier alpha value is -3.49. The van der Waals surface area contributed by atoms with Crippen LogP contribution >= 0.6 is 0 Å². The predicted molar refractivity (Wildman–Crippen MR) is 107 cm³/mol. The van der Waals surface area contributed by atoms with Crippen LogP contribution in [0.4, 0.5) is 5.69 Å². The van der Waals surface area contributed by atoms with Crippen LogP contribution in [0.5, 0.6) is 6.01 Å².